The molecule has 4 heteroatoms. The molecule has 2 nitrogen and oxygen atoms in total. The molecule has 0 aliphatic carbocycles. The first-order chi connectivity index (χ1) is 4.79. The van der Waals surface area contributed by atoms with Crippen molar-refractivity contribution in [3.8, 4) is 5.75 Å². The summed E-state index contributed by atoms with van der Waals surface area (Å²) in [6.07, 6.45) is 0. The van der Waals surface area contributed by atoms with E-state index >= 15 is 0 Å². The summed E-state index contributed by atoms with van der Waals surface area (Å²) in [6, 6.07) is 0. The maximum atomic E-state index is 8.77. The van der Waals surface area contributed by atoms with E-state index in [9.17, 15) is 0 Å². The summed E-state index contributed by atoms with van der Waals surface area (Å²) in [6.45, 7) is 0.0411. The van der Waals surface area contributed by atoms with E-state index < -0.39 is 0 Å². The molecule has 0 amide bonds. The Hall–Kier alpha value is -0.0600. The molecular weight excluding hydrogens is 216 g/mol. The molecule has 0 fully saturated rings. The van der Waals surface area contributed by atoms with Gasteiger partial charge in [-0.15, -0.1) is 11.3 Å². The van der Waals surface area contributed by atoms with Gasteiger partial charge in [-0.2, -0.15) is 0 Å². The highest BCUT2D eigenvalue weighted by atomic mass is 79.9. The Morgan fingerprint density at radius 3 is 2.90 bits per heavy atom. The van der Waals surface area contributed by atoms with Gasteiger partial charge in [0.05, 0.1) is 23.1 Å². The van der Waals surface area contributed by atoms with Gasteiger partial charge in [0.1, 0.15) is 5.75 Å². The molecule has 0 unspecified atom stereocenters. The fraction of sp³-hybridized carbons (Fsp3) is 0.333. The van der Waals surface area contributed by atoms with E-state index in [4.69, 9.17) is 9.84 Å². The topological polar surface area (TPSA) is 29.5 Å². The SMILES string of the molecule is COc1c(Br)csc1CO. The Bertz CT molecular complexity index is 222. The molecule has 56 valence electrons. The molecule has 0 saturated heterocycles. The van der Waals surface area contributed by atoms with E-state index in [1.54, 1.807) is 7.11 Å². The molecule has 0 saturated carbocycles. The molecule has 1 rings (SSSR count). The number of methoxy groups -OCH3 is 1. The van der Waals surface area contributed by atoms with Gasteiger partial charge in [0, 0.05) is 5.38 Å². The highest BCUT2D eigenvalue weighted by Gasteiger charge is 2.07. The summed E-state index contributed by atoms with van der Waals surface area (Å²) >= 11 is 4.77. The second-order valence-electron chi connectivity index (χ2n) is 1.70. The summed E-state index contributed by atoms with van der Waals surface area (Å²) < 4.78 is 5.92. The average Bonchev–Trinajstić information content (AvgIpc) is 2.30. The van der Waals surface area contributed by atoms with Crippen LogP contribution in [0.4, 0.5) is 0 Å². The molecule has 1 aromatic rings. The third kappa shape index (κ3) is 1.33. The van der Waals surface area contributed by atoms with E-state index in [2.05, 4.69) is 15.9 Å². The zero-order chi connectivity index (χ0) is 7.56. The number of aliphatic hydroxyl groups excluding tert-OH is 1. The lowest BCUT2D eigenvalue weighted by molar-refractivity contribution is 0.278. The largest absolute Gasteiger partial charge is 0.494 e. The fourth-order valence-corrected chi connectivity index (χ4v) is 2.22. The summed E-state index contributed by atoms with van der Waals surface area (Å²) in [5.41, 5.74) is 0. The van der Waals surface area contributed by atoms with Crippen LogP contribution in [-0.2, 0) is 6.61 Å². The second-order valence-corrected chi connectivity index (χ2v) is 3.52. The number of aliphatic hydroxyl groups is 1. The van der Waals surface area contributed by atoms with Crippen LogP contribution in [0, 0.1) is 0 Å². The van der Waals surface area contributed by atoms with Gasteiger partial charge < -0.3 is 9.84 Å². The highest BCUT2D eigenvalue weighted by molar-refractivity contribution is 9.10. The van der Waals surface area contributed by atoms with Crippen molar-refractivity contribution >= 4 is 27.3 Å². The van der Waals surface area contributed by atoms with Crippen LogP contribution < -0.4 is 4.74 Å². The average molecular weight is 223 g/mol. The van der Waals surface area contributed by atoms with Gasteiger partial charge in [0.25, 0.3) is 0 Å². The van der Waals surface area contributed by atoms with Crippen molar-refractivity contribution < 1.29 is 9.84 Å². The quantitative estimate of drug-likeness (QED) is 0.830. The number of rotatable bonds is 2. The normalized spacial score (nSPS) is 9.90. The second kappa shape index (κ2) is 3.37. The smallest absolute Gasteiger partial charge is 0.149 e. The zero-order valence-corrected chi connectivity index (χ0v) is 7.83. The minimum Gasteiger partial charge on any atom is -0.494 e. The predicted octanol–water partition coefficient (Wildman–Crippen LogP) is 2.01. The van der Waals surface area contributed by atoms with Crippen molar-refractivity contribution in [1.29, 1.82) is 0 Å². The maximum Gasteiger partial charge on any atom is 0.149 e. The van der Waals surface area contributed by atoms with Crippen LogP contribution >= 0.6 is 27.3 Å². The molecule has 10 heavy (non-hydrogen) atoms. The summed E-state index contributed by atoms with van der Waals surface area (Å²) in [7, 11) is 1.59. The number of ether oxygens (including phenoxy) is 1. The standard InChI is InChI=1S/C6H7BrO2S/c1-9-6-4(7)3-10-5(6)2-8/h3,8H,2H2,1H3. The van der Waals surface area contributed by atoms with Crippen LogP contribution in [0.5, 0.6) is 5.75 Å². The van der Waals surface area contributed by atoms with Crippen LogP contribution in [0.1, 0.15) is 4.88 Å². The highest BCUT2D eigenvalue weighted by Crippen LogP contribution is 2.34. The van der Waals surface area contributed by atoms with Gasteiger partial charge in [-0.05, 0) is 15.9 Å². The van der Waals surface area contributed by atoms with Crippen LogP contribution in [0.15, 0.2) is 9.85 Å². The van der Waals surface area contributed by atoms with Gasteiger partial charge in [-0.25, -0.2) is 0 Å². The lowest BCUT2D eigenvalue weighted by atomic mass is 10.4. The molecule has 1 heterocycles. The van der Waals surface area contributed by atoms with E-state index in [0.29, 0.717) is 0 Å². The molecule has 0 bridgehead atoms. The van der Waals surface area contributed by atoms with Crippen LogP contribution in [0.2, 0.25) is 0 Å². The lowest BCUT2D eigenvalue weighted by Gasteiger charge is -1.98. The summed E-state index contributed by atoms with van der Waals surface area (Å²) in [5, 5.41) is 10.7. The fourth-order valence-electron chi connectivity index (χ4n) is 0.683. The van der Waals surface area contributed by atoms with Crippen molar-refractivity contribution in [2.45, 2.75) is 6.61 Å². The first-order valence-electron chi connectivity index (χ1n) is 2.70. The van der Waals surface area contributed by atoms with Gasteiger partial charge in [0.2, 0.25) is 0 Å². The Labute approximate surface area is 71.6 Å². The lowest BCUT2D eigenvalue weighted by Crippen LogP contribution is -1.85. The van der Waals surface area contributed by atoms with Gasteiger partial charge in [-0.3, -0.25) is 0 Å². The molecule has 1 aromatic heterocycles. The third-order valence-corrected chi connectivity index (χ3v) is 2.97. The van der Waals surface area contributed by atoms with E-state index in [-0.39, 0.29) is 6.61 Å². The first kappa shape index (κ1) is 8.04. The third-order valence-electron chi connectivity index (χ3n) is 1.12. The summed E-state index contributed by atoms with van der Waals surface area (Å²) in [5.74, 6) is 0.743. The molecule has 0 aliphatic rings. The molecule has 0 atom stereocenters. The van der Waals surface area contributed by atoms with E-state index in [0.717, 1.165) is 15.1 Å². The molecule has 0 radical (unpaired) electrons. The van der Waals surface area contributed by atoms with E-state index in [1.165, 1.54) is 11.3 Å². The maximum absolute atomic E-state index is 8.77. The van der Waals surface area contributed by atoms with E-state index in [1.807, 2.05) is 5.38 Å². The molecule has 0 aliphatic heterocycles. The first-order valence-corrected chi connectivity index (χ1v) is 4.37. The Morgan fingerprint density at radius 2 is 2.50 bits per heavy atom. The Balaban J connectivity index is 3.01. The minimum atomic E-state index is 0.0411. The van der Waals surface area contributed by atoms with Gasteiger partial charge >= 0.3 is 0 Å². The van der Waals surface area contributed by atoms with Crippen LogP contribution in [-0.4, -0.2) is 12.2 Å². The number of hydrogen-bond acceptors (Lipinski definition) is 3. The van der Waals surface area contributed by atoms with Crippen molar-refractivity contribution in [3.63, 3.8) is 0 Å². The van der Waals surface area contributed by atoms with Crippen LogP contribution in [0.25, 0.3) is 0 Å². The predicted molar refractivity (Wildman–Crippen MR) is 44.5 cm³/mol. The molecule has 1 N–H and O–H groups in total. The van der Waals surface area contributed by atoms with Gasteiger partial charge in [0.15, 0.2) is 0 Å². The minimum absolute atomic E-state index is 0.0411. The Morgan fingerprint density at radius 1 is 1.80 bits per heavy atom. The van der Waals surface area contributed by atoms with Crippen molar-refractivity contribution in [2.24, 2.45) is 0 Å². The molecule has 0 aromatic carbocycles. The molecular formula is C6H7BrO2S. The summed E-state index contributed by atoms with van der Waals surface area (Å²) in [4.78, 5) is 0.856. The molecule has 0 spiro atoms. The van der Waals surface area contributed by atoms with Gasteiger partial charge in [-0.1, -0.05) is 0 Å². The number of halogens is 1. The van der Waals surface area contributed by atoms with Crippen molar-refractivity contribution in [1.82, 2.24) is 0 Å². The zero-order valence-electron chi connectivity index (χ0n) is 5.43. The van der Waals surface area contributed by atoms with Crippen molar-refractivity contribution in [3.05, 3.63) is 14.7 Å². The number of thiophene rings is 1. The monoisotopic (exact) mass is 222 g/mol. The number of hydrogen-bond donors (Lipinski definition) is 1. The van der Waals surface area contributed by atoms with Crippen molar-refractivity contribution in [2.75, 3.05) is 7.11 Å². The Kier molecular flexibility index (Phi) is 2.71. The van der Waals surface area contributed by atoms with Crippen LogP contribution in [0.3, 0.4) is 0 Å².